The molecule has 102 valence electrons. The van der Waals surface area contributed by atoms with Crippen molar-refractivity contribution in [2.75, 3.05) is 0 Å². The van der Waals surface area contributed by atoms with Gasteiger partial charge in [0.2, 0.25) is 0 Å². The van der Waals surface area contributed by atoms with E-state index in [1.54, 1.807) is 6.08 Å². The highest BCUT2D eigenvalue weighted by Gasteiger charge is 1.94. The molecule has 0 saturated heterocycles. The van der Waals surface area contributed by atoms with Gasteiger partial charge in [-0.25, -0.2) is 4.79 Å². The fourth-order valence-electron chi connectivity index (χ4n) is 0.880. The van der Waals surface area contributed by atoms with E-state index in [9.17, 15) is 4.79 Å². The van der Waals surface area contributed by atoms with Gasteiger partial charge in [0.05, 0.1) is 0 Å². The lowest BCUT2D eigenvalue weighted by atomic mass is 10.1. The number of hydrogen-bond donors (Lipinski definition) is 3. The Balaban J connectivity index is -0.000000232. The summed E-state index contributed by atoms with van der Waals surface area (Å²) in [6, 6.07) is 0. The van der Waals surface area contributed by atoms with Crippen LogP contribution in [-0.2, 0) is 4.79 Å². The summed E-state index contributed by atoms with van der Waals surface area (Å²) in [6.07, 6.45) is 5.80. The average molecular weight is 248 g/mol. The monoisotopic (exact) mass is 248 g/mol. The zero-order valence-electron chi connectivity index (χ0n) is 10.7. The van der Waals surface area contributed by atoms with Gasteiger partial charge >= 0.3 is 12.1 Å². The zero-order chi connectivity index (χ0) is 14.1. The predicted octanol–water partition coefficient (Wildman–Crippen LogP) is 3.85. The zero-order valence-corrected chi connectivity index (χ0v) is 10.7. The molecule has 0 unspecified atom stereocenters. The summed E-state index contributed by atoms with van der Waals surface area (Å²) < 4.78 is 0. The highest BCUT2D eigenvalue weighted by atomic mass is 16.6. The molecule has 0 spiro atoms. The normalized spacial score (nSPS) is 7.88. The molecule has 0 aromatic heterocycles. The number of allylic oxidation sites excluding steroid dienone is 1. The van der Waals surface area contributed by atoms with Gasteiger partial charge in [-0.05, 0) is 13.3 Å². The average Bonchev–Trinajstić information content (AvgIpc) is 2.17. The van der Waals surface area contributed by atoms with Crippen LogP contribution in [0.5, 0.6) is 0 Å². The van der Waals surface area contributed by atoms with Gasteiger partial charge in [-0.15, -0.1) is 6.58 Å². The Morgan fingerprint density at radius 3 is 1.71 bits per heavy atom. The summed E-state index contributed by atoms with van der Waals surface area (Å²) in [7, 11) is 0. The van der Waals surface area contributed by atoms with Crippen molar-refractivity contribution in [1.29, 1.82) is 0 Å². The van der Waals surface area contributed by atoms with Gasteiger partial charge in [-0.2, -0.15) is 0 Å². The maximum atomic E-state index is 10.0. The summed E-state index contributed by atoms with van der Waals surface area (Å²) in [5.41, 5.74) is 0. The van der Waals surface area contributed by atoms with Crippen molar-refractivity contribution < 1.29 is 24.9 Å². The molecule has 0 aromatic carbocycles. The summed E-state index contributed by atoms with van der Waals surface area (Å²) >= 11 is 0. The standard InChI is InChI=1S/C8H16O2.C3H6.CH2O3/c1-2-3-4-5-6-7-8(9)10;1-3-2;2-1(3)4/h2-7H2,1H3,(H,9,10);3H,1H2,2H3;(H2,2,3,4). The third kappa shape index (κ3) is 75.1. The highest BCUT2D eigenvalue weighted by Crippen LogP contribution is 2.04. The molecule has 0 aliphatic carbocycles. The van der Waals surface area contributed by atoms with Gasteiger partial charge in [-0.1, -0.05) is 38.7 Å². The summed E-state index contributed by atoms with van der Waals surface area (Å²) in [4.78, 5) is 18.6. The first-order valence-corrected chi connectivity index (χ1v) is 5.63. The van der Waals surface area contributed by atoms with Crippen molar-refractivity contribution in [2.24, 2.45) is 0 Å². The predicted molar refractivity (Wildman–Crippen MR) is 67.5 cm³/mol. The van der Waals surface area contributed by atoms with Gasteiger partial charge in [0.1, 0.15) is 0 Å². The lowest BCUT2D eigenvalue weighted by Crippen LogP contribution is -1.93. The first kappa shape index (κ1) is 20.8. The van der Waals surface area contributed by atoms with Crippen LogP contribution in [0.25, 0.3) is 0 Å². The molecular weight excluding hydrogens is 224 g/mol. The van der Waals surface area contributed by atoms with Crippen LogP contribution in [0.1, 0.15) is 52.4 Å². The van der Waals surface area contributed by atoms with E-state index >= 15 is 0 Å². The van der Waals surface area contributed by atoms with Crippen LogP contribution in [0, 0.1) is 0 Å². The Morgan fingerprint density at radius 2 is 1.41 bits per heavy atom. The van der Waals surface area contributed by atoms with Crippen molar-refractivity contribution in [3.8, 4) is 0 Å². The molecule has 0 heterocycles. The fourth-order valence-corrected chi connectivity index (χ4v) is 0.880. The van der Waals surface area contributed by atoms with Crippen LogP contribution in [0.3, 0.4) is 0 Å². The molecule has 5 heteroatoms. The molecule has 0 aliphatic rings. The summed E-state index contributed by atoms with van der Waals surface area (Å²) in [6.45, 7) is 7.40. The first-order valence-electron chi connectivity index (χ1n) is 5.63. The smallest absolute Gasteiger partial charge is 0.481 e. The third-order valence-electron chi connectivity index (χ3n) is 1.49. The van der Waals surface area contributed by atoms with Crippen molar-refractivity contribution in [3.63, 3.8) is 0 Å². The molecule has 17 heavy (non-hydrogen) atoms. The minimum Gasteiger partial charge on any atom is -0.481 e. The first-order chi connectivity index (χ1) is 7.92. The fraction of sp³-hybridized carbons (Fsp3) is 0.667. The summed E-state index contributed by atoms with van der Waals surface area (Å²) in [5.74, 6) is -0.670. The molecule has 0 bridgehead atoms. The van der Waals surface area contributed by atoms with E-state index in [2.05, 4.69) is 13.5 Å². The molecule has 0 aliphatic heterocycles. The van der Waals surface area contributed by atoms with E-state index < -0.39 is 12.1 Å². The molecule has 5 nitrogen and oxygen atoms in total. The van der Waals surface area contributed by atoms with Gasteiger partial charge in [-0.3, -0.25) is 4.79 Å². The molecule has 0 radical (unpaired) electrons. The van der Waals surface area contributed by atoms with Crippen LogP contribution in [0.2, 0.25) is 0 Å². The molecule has 0 aromatic rings. The molecule has 0 rings (SSSR count). The minimum absolute atomic E-state index is 0.337. The van der Waals surface area contributed by atoms with E-state index in [4.69, 9.17) is 20.1 Å². The number of rotatable bonds is 6. The Kier molecular flexibility index (Phi) is 24.5. The second kappa shape index (κ2) is 20.0. The maximum Gasteiger partial charge on any atom is 0.503 e. The van der Waals surface area contributed by atoms with E-state index in [1.807, 2.05) is 6.92 Å². The molecule has 3 N–H and O–H groups in total. The van der Waals surface area contributed by atoms with Crippen LogP contribution in [0.4, 0.5) is 4.79 Å². The maximum absolute atomic E-state index is 10.0. The van der Waals surface area contributed by atoms with E-state index in [0.29, 0.717) is 6.42 Å². The number of hydrogen-bond acceptors (Lipinski definition) is 2. The Hall–Kier alpha value is -1.52. The molecule has 0 atom stereocenters. The Labute approximate surface area is 103 Å². The van der Waals surface area contributed by atoms with Gasteiger partial charge in [0.25, 0.3) is 0 Å². The van der Waals surface area contributed by atoms with Gasteiger partial charge in [0, 0.05) is 6.42 Å². The number of aliphatic carboxylic acids is 1. The van der Waals surface area contributed by atoms with E-state index in [0.717, 1.165) is 12.8 Å². The SMILES string of the molecule is C=CC.CCCCCCCC(=O)O.O=C(O)O. The topological polar surface area (TPSA) is 94.8 Å². The minimum atomic E-state index is -1.83. The number of carbonyl (C=O) groups is 2. The van der Waals surface area contributed by atoms with Crippen molar-refractivity contribution >= 4 is 12.1 Å². The van der Waals surface area contributed by atoms with Crippen LogP contribution in [0.15, 0.2) is 12.7 Å². The lowest BCUT2D eigenvalue weighted by molar-refractivity contribution is -0.137. The molecule has 0 fully saturated rings. The van der Waals surface area contributed by atoms with Crippen LogP contribution in [-0.4, -0.2) is 27.4 Å². The second-order valence-corrected chi connectivity index (χ2v) is 3.25. The van der Waals surface area contributed by atoms with Crippen LogP contribution >= 0.6 is 0 Å². The third-order valence-corrected chi connectivity index (χ3v) is 1.49. The van der Waals surface area contributed by atoms with Gasteiger partial charge < -0.3 is 15.3 Å². The highest BCUT2D eigenvalue weighted by molar-refractivity contribution is 5.66. The second-order valence-electron chi connectivity index (χ2n) is 3.25. The molecule has 0 saturated carbocycles. The summed E-state index contributed by atoms with van der Waals surface area (Å²) in [5, 5.41) is 22.2. The number of carboxylic acids is 1. The van der Waals surface area contributed by atoms with Crippen LogP contribution < -0.4 is 0 Å². The van der Waals surface area contributed by atoms with Gasteiger partial charge in [0.15, 0.2) is 0 Å². The number of carboxylic acid groups (broad SMARTS) is 3. The quantitative estimate of drug-likeness (QED) is 0.490. The molecule has 0 amide bonds. The van der Waals surface area contributed by atoms with Crippen molar-refractivity contribution in [3.05, 3.63) is 12.7 Å². The van der Waals surface area contributed by atoms with E-state index in [-0.39, 0.29) is 0 Å². The lowest BCUT2D eigenvalue weighted by Gasteiger charge is -1.95. The molecular formula is C12H24O5. The van der Waals surface area contributed by atoms with Crippen molar-refractivity contribution in [2.45, 2.75) is 52.4 Å². The van der Waals surface area contributed by atoms with Crippen molar-refractivity contribution in [1.82, 2.24) is 0 Å². The Bertz CT molecular complexity index is 185. The largest absolute Gasteiger partial charge is 0.503 e. The Morgan fingerprint density at radius 1 is 1.06 bits per heavy atom. The van der Waals surface area contributed by atoms with E-state index in [1.165, 1.54) is 19.3 Å². The number of unbranched alkanes of at least 4 members (excludes halogenated alkanes) is 4.